The Bertz CT molecular complexity index is 818. The molecule has 0 heterocycles. The summed E-state index contributed by atoms with van der Waals surface area (Å²) in [6.07, 6.45) is -0.996. The molecule has 0 fully saturated rings. The molecule has 0 aliphatic carbocycles. The second-order valence-corrected chi connectivity index (χ2v) is 8.30. The minimum Gasteiger partial charge on any atom is -0.387 e. The van der Waals surface area contributed by atoms with Gasteiger partial charge in [0.2, 0.25) is 5.91 Å². The van der Waals surface area contributed by atoms with Gasteiger partial charge in [-0.25, -0.2) is 8.42 Å². The minimum atomic E-state index is -3.49. The first kappa shape index (κ1) is 19.9. The molecule has 0 aliphatic rings. The van der Waals surface area contributed by atoms with E-state index in [2.05, 4.69) is 5.32 Å². The Morgan fingerprint density at radius 1 is 1.08 bits per heavy atom. The van der Waals surface area contributed by atoms with Crippen molar-refractivity contribution < 1.29 is 18.3 Å². The van der Waals surface area contributed by atoms with Gasteiger partial charge in [0.15, 0.2) is 9.84 Å². The standard InChI is InChI=1S/C19H24N2O4S/c1-21(2)16-10-8-15(9-11-16)18(22)14-20-19(23)12-13-26(24,25)17-6-4-3-5-7-17/h3-11,18,22H,12-14H2,1-2H3,(H,20,23). The van der Waals surface area contributed by atoms with Crippen LogP contribution in [0, 0.1) is 0 Å². The van der Waals surface area contributed by atoms with Gasteiger partial charge in [-0.2, -0.15) is 0 Å². The fourth-order valence-electron chi connectivity index (χ4n) is 2.38. The molecule has 7 heteroatoms. The largest absolute Gasteiger partial charge is 0.387 e. The molecule has 0 aliphatic heterocycles. The maximum absolute atomic E-state index is 12.1. The zero-order chi connectivity index (χ0) is 19.2. The Morgan fingerprint density at radius 2 is 1.69 bits per heavy atom. The van der Waals surface area contributed by atoms with E-state index in [0.717, 1.165) is 5.69 Å². The topological polar surface area (TPSA) is 86.7 Å². The van der Waals surface area contributed by atoms with Crippen molar-refractivity contribution in [3.63, 3.8) is 0 Å². The van der Waals surface area contributed by atoms with Crippen LogP contribution in [0.15, 0.2) is 59.5 Å². The van der Waals surface area contributed by atoms with Crippen molar-refractivity contribution in [1.82, 2.24) is 5.32 Å². The molecule has 140 valence electrons. The SMILES string of the molecule is CN(C)c1ccc(C(O)CNC(=O)CCS(=O)(=O)c2ccccc2)cc1. The zero-order valence-corrected chi connectivity index (χ0v) is 15.7. The number of amides is 1. The molecular weight excluding hydrogens is 352 g/mol. The average Bonchev–Trinajstić information content (AvgIpc) is 2.65. The summed E-state index contributed by atoms with van der Waals surface area (Å²) >= 11 is 0. The molecule has 2 N–H and O–H groups in total. The molecular formula is C19H24N2O4S. The van der Waals surface area contributed by atoms with Crippen LogP contribution in [0.5, 0.6) is 0 Å². The quantitative estimate of drug-likeness (QED) is 0.733. The lowest BCUT2D eigenvalue weighted by Crippen LogP contribution is -2.29. The van der Waals surface area contributed by atoms with Crippen molar-refractivity contribution in [3.05, 3.63) is 60.2 Å². The van der Waals surface area contributed by atoms with Crippen LogP contribution >= 0.6 is 0 Å². The molecule has 1 amide bonds. The number of nitrogens with zero attached hydrogens (tertiary/aromatic N) is 1. The van der Waals surface area contributed by atoms with E-state index in [-0.39, 0.29) is 23.6 Å². The van der Waals surface area contributed by atoms with Gasteiger partial charge in [-0.3, -0.25) is 4.79 Å². The Kier molecular flexibility index (Phi) is 6.76. The molecule has 26 heavy (non-hydrogen) atoms. The first-order chi connectivity index (χ1) is 12.3. The molecule has 0 saturated heterocycles. The van der Waals surface area contributed by atoms with Crippen LogP contribution in [-0.2, 0) is 14.6 Å². The Hall–Kier alpha value is -2.38. The predicted molar refractivity (Wildman–Crippen MR) is 102 cm³/mol. The zero-order valence-electron chi connectivity index (χ0n) is 14.9. The van der Waals surface area contributed by atoms with E-state index >= 15 is 0 Å². The summed E-state index contributed by atoms with van der Waals surface area (Å²) in [6, 6.07) is 15.4. The van der Waals surface area contributed by atoms with Crippen LogP contribution in [0.25, 0.3) is 0 Å². The van der Waals surface area contributed by atoms with Gasteiger partial charge in [0, 0.05) is 32.7 Å². The third-order valence-corrected chi connectivity index (χ3v) is 5.72. The number of aliphatic hydroxyl groups excluding tert-OH is 1. The fourth-order valence-corrected chi connectivity index (χ4v) is 3.65. The van der Waals surface area contributed by atoms with Crippen molar-refractivity contribution in [2.45, 2.75) is 17.4 Å². The van der Waals surface area contributed by atoms with E-state index in [1.165, 1.54) is 12.1 Å². The minimum absolute atomic E-state index is 0.0333. The van der Waals surface area contributed by atoms with Crippen LogP contribution in [0.4, 0.5) is 5.69 Å². The number of benzene rings is 2. The van der Waals surface area contributed by atoms with Crippen LogP contribution < -0.4 is 10.2 Å². The molecule has 1 atom stereocenters. The van der Waals surface area contributed by atoms with Crippen LogP contribution in [0.3, 0.4) is 0 Å². The Labute approximate surface area is 154 Å². The van der Waals surface area contributed by atoms with Crippen molar-refractivity contribution in [3.8, 4) is 0 Å². The summed E-state index contributed by atoms with van der Waals surface area (Å²) in [5, 5.41) is 12.7. The Morgan fingerprint density at radius 3 is 2.27 bits per heavy atom. The molecule has 0 spiro atoms. The molecule has 0 saturated carbocycles. The van der Waals surface area contributed by atoms with Crippen LogP contribution in [0.2, 0.25) is 0 Å². The van der Waals surface area contributed by atoms with Gasteiger partial charge in [-0.1, -0.05) is 30.3 Å². The van der Waals surface area contributed by atoms with E-state index in [9.17, 15) is 18.3 Å². The summed E-state index contributed by atoms with van der Waals surface area (Å²) in [5.41, 5.74) is 1.70. The number of carbonyl (C=O) groups excluding carboxylic acids is 1. The van der Waals surface area contributed by atoms with Crippen molar-refractivity contribution in [2.75, 3.05) is 31.3 Å². The number of nitrogens with one attached hydrogen (secondary N) is 1. The molecule has 0 radical (unpaired) electrons. The maximum atomic E-state index is 12.1. The summed E-state index contributed by atoms with van der Waals surface area (Å²) in [6.45, 7) is 0.0333. The second-order valence-electron chi connectivity index (χ2n) is 6.19. The normalized spacial score (nSPS) is 12.4. The van der Waals surface area contributed by atoms with Crippen molar-refractivity contribution >= 4 is 21.4 Å². The number of aliphatic hydroxyl groups is 1. The lowest BCUT2D eigenvalue weighted by Gasteiger charge is -2.15. The van der Waals surface area contributed by atoms with Gasteiger partial charge >= 0.3 is 0 Å². The van der Waals surface area contributed by atoms with Gasteiger partial charge in [0.05, 0.1) is 16.8 Å². The van der Waals surface area contributed by atoms with Crippen LogP contribution in [0.1, 0.15) is 18.1 Å². The van der Waals surface area contributed by atoms with Crippen LogP contribution in [-0.4, -0.2) is 45.8 Å². The number of anilines is 1. The lowest BCUT2D eigenvalue weighted by atomic mass is 10.1. The van der Waals surface area contributed by atoms with E-state index in [1.54, 1.807) is 30.3 Å². The highest BCUT2D eigenvalue weighted by molar-refractivity contribution is 7.91. The van der Waals surface area contributed by atoms with Gasteiger partial charge in [0.1, 0.15) is 0 Å². The fraction of sp³-hybridized carbons (Fsp3) is 0.316. The summed E-state index contributed by atoms with van der Waals surface area (Å²) in [5.74, 6) is -0.676. The van der Waals surface area contributed by atoms with E-state index in [1.807, 2.05) is 31.1 Å². The first-order valence-corrected chi connectivity index (χ1v) is 9.94. The number of sulfone groups is 1. The Balaban J connectivity index is 1.83. The highest BCUT2D eigenvalue weighted by Gasteiger charge is 2.17. The van der Waals surface area contributed by atoms with E-state index in [4.69, 9.17) is 0 Å². The van der Waals surface area contributed by atoms with Gasteiger partial charge in [-0.15, -0.1) is 0 Å². The highest BCUT2D eigenvalue weighted by Crippen LogP contribution is 2.17. The van der Waals surface area contributed by atoms with Gasteiger partial charge < -0.3 is 15.3 Å². The third kappa shape index (κ3) is 5.57. The summed E-state index contributed by atoms with van der Waals surface area (Å²) in [7, 11) is 0.365. The van der Waals surface area contributed by atoms with Gasteiger partial charge in [0.25, 0.3) is 0 Å². The van der Waals surface area contributed by atoms with Gasteiger partial charge in [-0.05, 0) is 29.8 Å². The summed E-state index contributed by atoms with van der Waals surface area (Å²) in [4.78, 5) is 14.1. The molecule has 0 aromatic heterocycles. The molecule has 0 bridgehead atoms. The number of carbonyl (C=O) groups is 1. The van der Waals surface area contributed by atoms with E-state index < -0.39 is 21.8 Å². The predicted octanol–water partition coefficient (Wildman–Crippen LogP) is 1.77. The number of hydrogen-bond acceptors (Lipinski definition) is 5. The number of rotatable bonds is 8. The third-order valence-electron chi connectivity index (χ3n) is 3.99. The first-order valence-electron chi connectivity index (χ1n) is 8.29. The lowest BCUT2D eigenvalue weighted by molar-refractivity contribution is -0.121. The summed E-state index contributed by atoms with van der Waals surface area (Å²) < 4.78 is 24.3. The smallest absolute Gasteiger partial charge is 0.221 e. The maximum Gasteiger partial charge on any atom is 0.221 e. The molecule has 6 nitrogen and oxygen atoms in total. The average molecular weight is 376 g/mol. The molecule has 1 unspecified atom stereocenters. The molecule has 2 rings (SSSR count). The monoisotopic (exact) mass is 376 g/mol. The van der Waals surface area contributed by atoms with Crippen molar-refractivity contribution in [2.24, 2.45) is 0 Å². The van der Waals surface area contributed by atoms with E-state index in [0.29, 0.717) is 5.56 Å². The molecule has 2 aromatic rings. The second kappa shape index (κ2) is 8.82. The highest BCUT2D eigenvalue weighted by atomic mass is 32.2. The molecule has 2 aromatic carbocycles. The van der Waals surface area contributed by atoms with Crippen molar-refractivity contribution in [1.29, 1.82) is 0 Å². The number of hydrogen-bond donors (Lipinski definition) is 2.